The van der Waals surface area contributed by atoms with Crippen molar-refractivity contribution >= 4 is 40.9 Å². The number of anilines is 1. The molecule has 4 heterocycles. The Kier molecular flexibility index (Phi) is 7.93. The van der Waals surface area contributed by atoms with Crippen molar-refractivity contribution < 1.29 is 9.59 Å². The Morgan fingerprint density at radius 1 is 1.30 bits per heavy atom. The molecular formula is C22H29N7O2S2. The highest BCUT2D eigenvalue weighted by atomic mass is 32.2. The van der Waals surface area contributed by atoms with E-state index < -0.39 is 6.03 Å². The van der Waals surface area contributed by atoms with E-state index in [1.165, 1.54) is 11.3 Å². The van der Waals surface area contributed by atoms with Crippen molar-refractivity contribution in [2.24, 2.45) is 5.73 Å². The quantitative estimate of drug-likeness (QED) is 0.380. The van der Waals surface area contributed by atoms with Gasteiger partial charge in [-0.1, -0.05) is 23.8 Å². The number of hydrogen-bond acceptors (Lipinski definition) is 7. The third kappa shape index (κ3) is 6.29. The molecule has 0 bridgehead atoms. The van der Waals surface area contributed by atoms with E-state index >= 15 is 0 Å². The molecule has 2 saturated heterocycles. The fourth-order valence-electron chi connectivity index (χ4n) is 4.10. The van der Waals surface area contributed by atoms with E-state index in [4.69, 9.17) is 5.73 Å². The minimum absolute atomic E-state index is 0.0675. The molecule has 2 fully saturated rings. The number of urea groups is 1. The molecule has 1 unspecified atom stereocenters. The first-order valence-electron chi connectivity index (χ1n) is 11.1. The van der Waals surface area contributed by atoms with Crippen molar-refractivity contribution in [3.63, 3.8) is 0 Å². The van der Waals surface area contributed by atoms with Gasteiger partial charge in [0, 0.05) is 31.9 Å². The predicted molar refractivity (Wildman–Crippen MR) is 132 cm³/mol. The molecule has 3 amide bonds. The van der Waals surface area contributed by atoms with Gasteiger partial charge in [0.25, 0.3) is 5.91 Å². The number of nitrogens with zero attached hydrogens (tertiary/aromatic N) is 3. The fourth-order valence-corrected chi connectivity index (χ4v) is 5.54. The average molecular weight is 488 g/mol. The first-order valence-corrected chi connectivity index (χ1v) is 13.1. The maximum Gasteiger partial charge on any atom is 0.316 e. The number of amides is 3. The van der Waals surface area contributed by atoms with Gasteiger partial charge in [-0.05, 0) is 44.6 Å². The molecule has 176 valence electrons. The van der Waals surface area contributed by atoms with Crippen molar-refractivity contribution in [2.75, 3.05) is 37.8 Å². The number of rotatable bonds is 5. The minimum Gasteiger partial charge on any atom is -0.351 e. The van der Waals surface area contributed by atoms with Gasteiger partial charge in [0.15, 0.2) is 0 Å². The van der Waals surface area contributed by atoms with Gasteiger partial charge in [-0.3, -0.25) is 13.8 Å². The van der Waals surface area contributed by atoms with Crippen LogP contribution in [0.3, 0.4) is 0 Å². The summed E-state index contributed by atoms with van der Waals surface area (Å²) in [5, 5.41) is 13.4. The lowest BCUT2D eigenvalue weighted by molar-refractivity contribution is 0.0935. The van der Waals surface area contributed by atoms with Gasteiger partial charge in [-0.2, -0.15) is 5.10 Å². The van der Waals surface area contributed by atoms with Crippen LogP contribution in [0.5, 0.6) is 0 Å². The summed E-state index contributed by atoms with van der Waals surface area (Å²) in [4.78, 5) is 25.4. The van der Waals surface area contributed by atoms with Crippen molar-refractivity contribution in [3.05, 3.63) is 33.8 Å². The second-order valence-electron chi connectivity index (χ2n) is 8.16. The lowest BCUT2D eigenvalue weighted by Crippen LogP contribution is -2.45. The zero-order valence-electron chi connectivity index (χ0n) is 18.6. The van der Waals surface area contributed by atoms with Crippen molar-refractivity contribution in [1.82, 2.24) is 24.7 Å². The Morgan fingerprint density at radius 3 is 2.82 bits per heavy atom. The van der Waals surface area contributed by atoms with Gasteiger partial charge in [0.2, 0.25) is 0 Å². The summed E-state index contributed by atoms with van der Waals surface area (Å²) < 4.78 is 4.38. The minimum atomic E-state index is -0.713. The molecule has 4 rings (SSSR count). The van der Waals surface area contributed by atoms with Crippen LogP contribution in [0.1, 0.15) is 51.8 Å². The highest BCUT2D eigenvalue weighted by Crippen LogP contribution is 2.28. The maximum atomic E-state index is 12.8. The molecule has 1 atom stereocenters. The van der Waals surface area contributed by atoms with Crippen LogP contribution in [0.25, 0.3) is 0 Å². The Bertz CT molecular complexity index is 1040. The number of carbonyl (C=O) groups is 2. The molecular weight excluding hydrogens is 458 g/mol. The third-order valence-corrected chi connectivity index (χ3v) is 7.75. The number of thiophene rings is 1. The van der Waals surface area contributed by atoms with Crippen LogP contribution >= 0.6 is 23.3 Å². The van der Waals surface area contributed by atoms with E-state index in [1.54, 1.807) is 24.2 Å². The van der Waals surface area contributed by atoms with Gasteiger partial charge < -0.3 is 21.7 Å². The van der Waals surface area contributed by atoms with E-state index in [1.807, 2.05) is 10.9 Å². The lowest BCUT2D eigenvalue weighted by Gasteiger charge is -2.30. The molecule has 2 aliphatic heterocycles. The van der Waals surface area contributed by atoms with Crippen molar-refractivity contribution in [3.8, 4) is 11.8 Å². The van der Waals surface area contributed by atoms with E-state index in [0.717, 1.165) is 57.4 Å². The van der Waals surface area contributed by atoms with Crippen LogP contribution in [0.15, 0.2) is 18.5 Å². The van der Waals surface area contributed by atoms with E-state index in [-0.39, 0.29) is 11.9 Å². The number of hydrogen-bond donors (Lipinski definition) is 4. The molecule has 2 aromatic heterocycles. The summed E-state index contributed by atoms with van der Waals surface area (Å²) in [6, 6.07) is 1.44. The monoisotopic (exact) mass is 487 g/mol. The highest BCUT2D eigenvalue weighted by molar-refractivity contribution is 7.96. The van der Waals surface area contributed by atoms with Crippen LogP contribution in [-0.2, 0) is 0 Å². The first-order chi connectivity index (χ1) is 16.0. The topological polar surface area (TPSA) is 117 Å². The van der Waals surface area contributed by atoms with Crippen LogP contribution in [-0.4, -0.2) is 64.5 Å². The van der Waals surface area contributed by atoms with Gasteiger partial charge in [0.1, 0.15) is 4.88 Å². The summed E-state index contributed by atoms with van der Waals surface area (Å²) in [5.74, 6) is 6.01. The molecule has 0 aromatic carbocycles. The summed E-state index contributed by atoms with van der Waals surface area (Å²) in [6.45, 7) is 3.81. The number of primary amides is 1. The van der Waals surface area contributed by atoms with Crippen LogP contribution in [0, 0.1) is 11.8 Å². The van der Waals surface area contributed by atoms with Gasteiger partial charge in [0.05, 0.1) is 28.4 Å². The molecule has 9 nitrogen and oxygen atoms in total. The zero-order chi connectivity index (χ0) is 23.2. The van der Waals surface area contributed by atoms with Gasteiger partial charge in [-0.25, -0.2) is 4.79 Å². The molecule has 0 saturated carbocycles. The van der Waals surface area contributed by atoms with Gasteiger partial charge >= 0.3 is 6.03 Å². The Balaban J connectivity index is 1.46. The largest absolute Gasteiger partial charge is 0.351 e. The maximum absolute atomic E-state index is 12.8. The first kappa shape index (κ1) is 23.6. The summed E-state index contributed by atoms with van der Waals surface area (Å²) in [6.07, 6.45) is 9.94. The van der Waals surface area contributed by atoms with Crippen molar-refractivity contribution in [1.29, 1.82) is 0 Å². The molecule has 33 heavy (non-hydrogen) atoms. The Labute approximate surface area is 202 Å². The molecule has 0 aliphatic carbocycles. The molecule has 0 spiro atoms. The zero-order valence-corrected chi connectivity index (χ0v) is 20.2. The number of nitrogens with one attached hydrogen (secondary N) is 3. The molecule has 11 heteroatoms. The Morgan fingerprint density at radius 2 is 2.12 bits per heavy atom. The number of nitrogens with two attached hydrogens (primary N) is 1. The summed E-state index contributed by atoms with van der Waals surface area (Å²) in [5.41, 5.74) is 6.51. The number of piperidine rings is 2. The predicted octanol–water partition coefficient (Wildman–Crippen LogP) is 2.23. The molecule has 2 aromatic rings. The van der Waals surface area contributed by atoms with Crippen molar-refractivity contribution in [2.45, 2.75) is 37.8 Å². The average Bonchev–Trinajstić information content (AvgIpc) is 3.45. The SMILES string of the molecule is CSN1CCC(n2cc(C#Cc3cc(NC(N)=O)c(C(=O)NC4CCCNC4)s3)cn2)CC1. The van der Waals surface area contributed by atoms with Crippen LogP contribution in [0.4, 0.5) is 10.5 Å². The van der Waals surface area contributed by atoms with Crippen LogP contribution in [0.2, 0.25) is 0 Å². The van der Waals surface area contributed by atoms with E-state index in [0.29, 0.717) is 21.5 Å². The normalized spacial score (nSPS) is 19.5. The molecule has 0 radical (unpaired) electrons. The second-order valence-corrected chi connectivity index (χ2v) is 10.1. The third-order valence-electron chi connectivity index (χ3n) is 5.82. The summed E-state index contributed by atoms with van der Waals surface area (Å²) >= 11 is 3.03. The van der Waals surface area contributed by atoms with Crippen LogP contribution < -0.4 is 21.7 Å². The number of aromatic nitrogens is 2. The standard InChI is InChI=1S/C22H29N7O2S2/c1-32-28-9-6-17(7-10-28)29-14-15(12-25-29)4-5-18-11-19(27-22(23)31)20(33-18)21(30)26-16-3-2-8-24-13-16/h11-12,14,16-17,24H,2-3,6-10,13H2,1H3,(H,26,30)(H3,23,27,31). The van der Waals surface area contributed by atoms with Gasteiger partial charge in [-0.15, -0.1) is 11.3 Å². The fraction of sp³-hybridized carbons (Fsp3) is 0.500. The lowest BCUT2D eigenvalue weighted by atomic mass is 10.1. The highest BCUT2D eigenvalue weighted by Gasteiger charge is 2.22. The number of carbonyl (C=O) groups excluding carboxylic acids is 2. The van der Waals surface area contributed by atoms with E-state index in [2.05, 4.69) is 43.5 Å². The summed E-state index contributed by atoms with van der Waals surface area (Å²) in [7, 11) is 0. The molecule has 5 N–H and O–H groups in total. The van der Waals surface area contributed by atoms with E-state index in [9.17, 15) is 9.59 Å². The Hall–Kier alpha value is -2.52. The molecule has 2 aliphatic rings. The second kappa shape index (κ2) is 11.1. The smallest absolute Gasteiger partial charge is 0.316 e.